The Labute approximate surface area is 186 Å². The molecule has 8 heteroatoms. The van der Waals surface area contributed by atoms with Crippen LogP contribution in [0.25, 0.3) is 0 Å². The predicted molar refractivity (Wildman–Crippen MR) is 121 cm³/mol. The van der Waals surface area contributed by atoms with E-state index in [-0.39, 0.29) is 10.8 Å². The van der Waals surface area contributed by atoms with Crippen molar-refractivity contribution in [3.63, 3.8) is 0 Å². The molecule has 0 saturated carbocycles. The molecule has 0 radical (unpaired) electrons. The second kappa shape index (κ2) is 13.7. The molecule has 0 aliphatic rings. The van der Waals surface area contributed by atoms with Crippen molar-refractivity contribution in [3.8, 4) is 0 Å². The number of hydrogen-bond acceptors (Lipinski definition) is 5. The fraction of sp³-hybridized carbons (Fsp3) is 0.435. The maximum atomic E-state index is 12.0. The third-order valence-corrected chi connectivity index (χ3v) is 5.31. The fourth-order valence-electron chi connectivity index (χ4n) is 2.62. The van der Waals surface area contributed by atoms with E-state index in [4.69, 9.17) is 0 Å². The molecule has 1 amide bonds. The van der Waals surface area contributed by atoms with Crippen LogP contribution < -0.4 is 9.99 Å². The average molecular weight is 448 g/mol. The molecule has 2 rings (SSSR count). The lowest BCUT2D eigenvalue weighted by Gasteiger charge is -2.06. The average Bonchev–Trinajstić information content (AvgIpc) is 2.73. The molecule has 1 heterocycles. The van der Waals surface area contributed by atoms with Crippen LogP contribution >= 0.6 is 0 Å². The van der Waals surface area contributed by atoms with Gasteiger partial charge in [-0.25, -0.2) is 18.4 Å². The molecular formula is C23H33N3O4S. The third kappa shape index (κ3) is 10.8. The van der Waals surface area contributed by atoms with Gasteiger partial charge in [0, 0.05) is 11.8 Å². The van der Waals surface area contributed by atoms with Gasteiger partial charge in [-0.05, 0) is 50.8 Å². The van der Waals surface area contributed by atoms with E-state index in [2.05, 4.69) is 24.4 Å². The first kappa shape index (κ1) is 26.5. The van der Waals surface area contributed by atoms with Crippen molar-refractivity contribution in [3.05, 3.63) is 59.9 Å². The Hall–Kier alpha value is -2.58. The molecule has 0 bridgehead atoms. The maximum absolute atomic E-state index is 12.0. The van der Waals surface area contributed by atoms with Crippen molar-refractivity contribution in [2.45, 2.75) is 64.2 Å². The van der Waals surface area contributed by atoms with Gasteiger partial charge >= 0.3 is 0 Å². The number of hydrazone groups is 1. The number of carbonyl (C=O) groups excluding carboxylic acids is 1. The van der Waals surface area contributed by atoms with E-state index in [1.165, 1.54) is 12.1 Å². The number of nitrogens with zero attached hydrogens (tertiary/aromatic N) is 2. The van der Waals surface area contributed by atoms with Gasteiger partial charge in [-0.2, -0.15) is 5.10 Å². The largest absolute Gasteiger partial charge is 0.744 e. The number of unbranched alkanes of at least 4 members (excludes halogenated alkanes) is 2. The molecule has 7 nitrogen and oxygen atoms in total. The number of hydrogen-bond donors (Lipinski definition) is 1. The summed E-state index contributed by atoms with van der Waals surface area (Å²) in [6.07, 6.45) is 10.2. The van der Waals surface area contributed by atoms with Crippen LogP contribution in [0.15, 0.2) is 58.8 Å². The highest BCUT2D eigenvalue weighted by atomic mass is 32.2. The number of benzene rings is 1. The number of amides is 1. The van der Waals surface area contributed by atoms with Crippen LogP contribution in [0.3, 0.4) is 0 Å². The molecule has 1 aromatic carbocycles. The second-order valence-corrected chi connectivity index (χ2v) is 8.73. The number of aryl methyl sites for hydroxylation is 2. The lowest BCUT2D eigenvalue weighted by molar-refractivity contribution is -0.671. The molecule has 2 aromatic rings. The standard InChI is InChI=1S/C16H25N3O.C7H8O3S/c1-4-6-10-15(11-7-5-2)17-18-16(20)14-9-8-12-19(3)13-14;1-6-2-4-7(5-3-6)11(8,9)10/h8-9,12-13H,4-7,10-11H2,1-3H3;2-5H,1H3,(H,8,9,10). The van der Waals surface area contributed by atoms with E-state index in [9.17, 15) is 17.8 Å². The molecule has 0 atom stereocenters. The van der Waals surface area contributed by atoms with Crippen molar-refractivity contribution >= 4 is 21.7 Å². The molecule has 0 saturated heterocycles. The van der Waals surface area contributed by atoms with Crippen molar-refractivity contribution in [2.75, 3.05) is 0 Å². The Morgan fingerprint density at radius 1 is 1.06 bits per heavy atom. The summed E-state index contributed by atoms with van der Waals surface area (Å²) >= 11 is 0. The van der Waals surface area contributed by atoms with Crippen LogP contribution in [0.4, 0.5) is 0 Å². The Morgan fingerprint density at radius 2 is 1.65 bits per heavy atom. The van der Waals surface area contributed by atoms with Gasteiger partial charge in [0.1, 0.15) is 22.7 Å². The number of pyridine rings is 1. The summed E-state index contributed by atoms with van der Waals surface area (Å²) in [6, 6.07) is 9.43. The Morgan fingerprint density at radius 3 is 2.13 bits per heavy atom. The van der Waals surface area contributed by atoms with Crippen LogP contribution in [-0.2, 0) is 17.2 Å². The molecule has 0 aliphatic heterocycles. The minimum Gasteiger partial charge on any atom is -0.744 e. The Bertz CT molecular complexity index is 945. The first-order chi connectivity index (χ1) is 14.7. The van der Waals surface area contributed by atoms with Gasteiger partial charge in [0.05, 0.1) is 4.90 Å². The number of aromatic nitrogens is 1. The highest BCUT2D eigenvalue weighted by molar-refractivity contribution is 7.85. The third-order valence-electron chi connectivity index (χ3n) is 4.46. The summed E-state index contributed by atoms with van der Waals surface area (Å²) in [6.45, 7) is 6.15. The maximum Gasteiger partial charge on any atom is 0.277 e. The minimum atomic E-state index is -4.27. The summed E-state index contributed by atoms with van der Waals surface area (Å²) in [7, 11) is -2.37. The highest BCUT2D eigenvalue weighted by Crippen LogP contribution is 2.08. The first-order valence-corrected chi connectivity index (χ1v) is 11.9. The van der Waals surface area contributed by atoms with E-state index in [0.29, 0.717) is 5.56 Å². The Kier molecular flexibility index (Phi) is 11.7. The number of rotatable bonds is 9. The normalized spacial score (nSPS) is 10.6. The summed E-state index contributed by atoms with van der Waals surface area (Å²) in [5.74, 6) is -0.147. The summed E-state index contributed by atoms with van der Waals surface area (Å²) < 4.78 is 33.0. The molecule has 170 valence electrons. The van der Waals surface area contributed by atoms with E-state index >= 15 is 0 Å². The van der Waals surface area contributed by atoms with Gasteiger partial charge in [-0.3, -0.25) is 4.79 Å². The lowest BCUT2D eigenvalue weighted by Crippen LogP contribution is -2.30. The summed E-state index contributed by atoms with van der Waals surface area (Å²) in [4.78, 5) is 11.8. The second-order valence-electron chi connectivity index (χ2n) is 7.35. The first-order valence-electron chi connectivity index (χ1n) is 10.5. The highest BCUT2D eigenvalue weighted by Gasteiger charge is 2.08. The fourth-order valence-corrected chi connectivity index (χ4v) is 3.09. The van der Waals surface area contributed by atoms with Gasteiger partial charge < -0.3 is 4.55 Å². The van der Waals surface area contributed by atoms with Gasteiger partial charge in [0.25, 0.3) is 5.91 Å². The molecule has 1 aromatic heterocycles. The van der Waals surface area contributed by atoms with Crippen LogP contribution in [0.5, 0.6) is 0 Å². The Balaban J connectivity index is 0.000000367. The van der Waals surface area contributed by atoms with Crippen LogP contribution in [-0.4, -0.2) is 24.6 Å². The topological polar surface area (TPSA) is 103 Å². The lowest BCUT2D eigenvalue weighted by atomic mass is 10.1. The molecule has 0 unspecified atom stereocenters. The van der Waals surface area contributed by atoms with Gasteiger partial charge in [-0.15, -0.1) is 0 Å². The zero-order valence-electron chi connectivity index (χ0n) is 18.8. The minimum absolute atomic E-state index is 0.147. The van der Waals surface area contributed by atoms with E-state index in [1.54, 1.807) is 24.4 Å². The molecule has 1 N–H and O–H groups in total. The predicted octanol–water partition coefficient (Wildman–Crippen LogP) is 3.88. The molecule has 0 spiro atoms. The van der Waals surface area contributed by atoms with Crippen molar-refractivity contribution < 1.29 is 22.3 Å². The summed E-state index contributed by atoms with van der Waals surface area (Å²) in [5, 5.41) is 4.31. The molecule has 0 aliphatic carbocycles. The van der Waals surface area contributed by atoms with Gasteiger partial charge in [-0.1, -0.05) is 44.4 Å². The quantitative estimate of drug-likeness (QED) is 0.273. The van der Waals surface area contributed by atoms with Crippen molar-refractivity contribution in [2.24, 2.45) is 12.1 Å². The van der Waals surface area contributed by atoms with E-state index < -0.39 is 10.1 Å². The van der Waals surface area contributed by atoms with E-state index in [0.717, 1.165) is 49.8 Å². The van der Waals surface area contributed by atoms with Crippen LogP contribution in [0.1, 0.15) is 68.3 Å². The zero-order valence-corrected chi connectivity index (χ0v) is 19.6. The number of carbonyl (C=O) groups is 1. The van der Waals surface area contributed by atoms with Gasteiger partial charge in [0.2, 0.25) is 0 Å². The van der Waals surface area contributed by atoms with Crippen molar-refractivity contribution in [1.29, 1.82) is 0 Å². The number of nitrogens with one attached hydrogen (secondary N) is 1. The monoisotopic (exact) mass is 447 g/mol. The zero-order chi connectivity index (χ0) is 23.3. The van der Waals surface area contributed by atoms with E-state index in [1.807, 2.05) is 30.8 Å². The van der Waals surface area contributed by atoms with Crippen molar-refractivity contribution in [1.82, 2.24) is 5.43 Å². The van der Waals surface area contributed by atoms with Crippen LogP contribution in [0, 0.1) is 6.92 Å². The summed E-state index contributed by atoms with van der Waals surface area (Å²) in [5.41, 5.74) is 5.34. The molecule has 0 fully saturated rings. The van der Waals surface area contributed by atoms with Crippen LogP contribution in [0.2, 0.25) is 0 Å². The SMILES string of the molecule is CCCCC(CCCC)=NNC(=O)c1ccc[n+](C)c1.Cc1ccc(S(=O)(=O)[O-])cc1. The molecule has 31 heavy (non-hydrogen) atoms. The smallest absolute Gasteiger partial charge is 0.277 e. The van der Waals surface area contributed by atoms with Gasteiger partial charge in [0.15, 0.2) is 12.4 Å². The molecular weight excluding hydrogens is 414 g/mol.